The Morgan fingerprint density at radius 2 is 0.975 bits per heavy atom. The van der Waals surface area contributed by atoms with E-state index in [0.29, 0.717) is 0 Å². The van der Waals surface area contributed by atoms with Crippen molar-refractivity contribution in [2.45, 2.75) is 31.7 Å². The van der Waals surface area contributed by atoms with Crippen molar-refractivity contribution in [1.29, 1.82) is 0 Å². The molecule has 3 heterocycles. The largest absolute Gasteiger partial charge is 0.456 e. The smallest absolute Gasteiger partial charge is 0.143 e. The van der Waals surface area contributed by atoms with Gasteiger partial charge in [0.1, 0.15) is 22.3 Å². The van der Waals surface area contributed by atoms with Crippen molar-refractivity contribution in [1.82, 2.24) is 4.57 Å². The van der Waals surface area contributed by atoms with E-state index in [1.807, 2.05) is 18.2 Å². The highest BCUT2D eigenvalue weighted by Gasteiger charge is 2.38. The normalized spacial score (nSPS) is 14.7. The maximum atomic E-state index is 6.51. The lowest BCUT2D eigenvalue weighted by atomic mass is 9.82. The molecule has 0 amide bonds. The molecule has 4 heteroatoms. The lowest BCUT2D eigenvalue weighted by Crippen LogP contribution is -2.16. The highest BCUT2D eigenvalue weighted by Crippen LogP contribution is 2.55. The minimum atomic E-state index is -0.139. The van der Waals surface area contributed by atoms with E-state index in [2.05, 4.69) is 266 Å². The van der Waals surface area contributed by atoms with E-state index in [0.717, 1.165) is 78.4 Å². The number of rotatable bonds is 8. The Hall–Kier alpha value is -9.90. The molecule has 2 aliphatic carbocycles. The van der Waals surface area contributed by atoms with Gasteiger partial charge in [-0.05, 0) is 129 Å². The first-order chi connectivity index (χ1) is 38.9. The van der Waals surface area contributed by atoms with Crippen LogP contribution >= 0.6 is 0 Å². The fraction of sp³-hybridized carbons (Fsp3) is 0.0667. The van der Waals surface area contributed by atoms with E-state index in [-0.39, 0.29) is 11.5 Å². The van der Waals surface area contributed by atoms with Gasteiger partial charge in [-0.25, -0.2) is 0 Å². The SMILES string of the molecule is CC1(C)c2ccccc2-c2c(N(c3ccc(-c4ccc5c(c4)c4cc(-c6ccc7oc8ccccc8c7c6)ccc4n5C4C=CC(c5cccc6c5oc5ccccc56)=CC4)cc3)c3ccccc3-c3ccccc3)cccc21. The van der Waals surface area contributed by atoms with Gasteiger partial charge in [0, 0.05) is 71.1 Å². The van der Waals surface area contributed by atoms with Gasteiger partial charge in [0.2, 0.25) is 0 Å². The number of nitrogens with zero attached hydrogens (tertiary/aromatic N) is 2. The van der Waals surface area contributed by atoms with Crippen LogP contribution in [-0.4, -0.2) is 4.57 Å². The van der Waals surface area contributed by atoms with Crippen LogP contribution in [0.5, 0.6) is 0 Å². The molecule has 0 bridgehead atoms. The molecule has 1 atom stereocenters. The lowest BCUT2D eigenvalue weighted by molar-refractivity contribution is 0.648. The Balaban J connectivity index is 0.826. The zero-order valence-corrected chi connectivity index (χ0v) is 43.8. The summed E-state index contributed by atoms with van der Waals surface area (Å²) in [4.78, 5) is 2.49. The van der Waals surface area contributed by atoms with E-state index >= 15 is 0 Å². The van der Waals surface area contributed by atoms with E-state index in [1.54, 1.807) is 0 Å². The molecule has 4 nitrogen and oxygen atoms in total. The van der Waals surface area contributed by atoms with Crippen LogP contribution in [0.4, 0.5) is 17.1 Å². The second-order valence-corrected chi connectivity index (χ2v) is 21.9. The summed E-state index contributed by atoms with van der Waals surface area (Å²) in [5, 5.41) is 7.00. The molecule has 1 unspecified atom stereocenters. The number of fused-ring (bicyclic) bond motifs is 12. The fourth-order valence-corrected chi connectivity index (χ4v) is 13.3. The molecule has 16 rings (SSSR count). The van der Waals surface area contributed by atoms with E-state index < -0.39 is 0 Å². The van der Waals surface area contributed by atoms with E-state index in [9.17, 15) is 0 Å². The van der Waals surface area contributed by atoms with Crippen LogP contribution in [-0.2, 0) is 5.41 Å². The first kappa shape index (κ1) is 45.3. The molecule has 11 aromatic carbocycles. The molecule has 0 saturated heterocycles. The third-order valence-electron chi connectivity index (χ3n) is 17.2. The van der Waals surface area contributed by atoms with Crippen molar-refractivity contribution in [2.24, 2.45) is 0 Å². The summed E-state index contributed by atoms with van der Waals surface area (Å²) in [5.74, 6) is 0. The monoisotopic (exact) mass is 1010 g/mol. The van der Waals surface area contributed by atoms with Gasteiger partial charge in [0.25, 0.3) is 0 Å². The van der Waals surface area contributed by atoms with Crippen molar-refractivity contribution in [3.05, 3.63) is 278 Å². The highest BCUT2D eigenvalue weighted by atomic mass is 16.3. The quantitative estimate of drug-likeness (QED) is 0.152. The Morgan fingerprint density at radius 1 is 0.418 bits per heavy atom. The molecule has 0 saturated carbocycles. The second-order valence-electron chi connectivity index (χ2n) is 21.9. The van der Waals surface area contributed by atoms with Gasteiger partial charge in [0.05, 0.1) is 17.4 Å². The molecular formula is C75H52N2O2. The maximum absolute atomic E-state index is 6.51. The summed E-state index contributed by atoms with van der Waals surface area (Å²) in [6.07, 6.45) is 7.92. The molecule has 2 aliphatic rings. The number of aromatic nitrogens is 1. The van der Waals surface area contributed by atoms with E-state index in [1.165, 1.54) is 77.6 Å². The Bertz CT molecular complexity index is 4850. The maximum Gasteiger partial charge on any atom is 0.143 e. The van der Waals surface area contributed by atoms with Gasteiger partial charge in [0.15, 0.2) is 0 Å². The summed E-state index contributed by atoms with van der Waals surface area (Å²) < 4.78 is 15.3. The van der Waals surface area contributed by atoms with Crippen LogP contribution in [0.15, 0.2) is 270 Å². The number of allylic oxidation sites excluding steroid dienone is 4. The minimum absolute atomic E-state index is 0.102. The van der Waals surface area contributed by atoms with Gasteiger partial charge >= 0.3 is 0 Å². The number of furan rings is 2. The van der Waals surface area contributed by atoms with Gasteiger partial charge in [-0.1, -0.05) is 202 Å². The van der Waals surface area contributed by atoms with Gasteiger partial charge in [-0.2, -0.15) is 0 Å². The number of para-hydroxylation sites is 4. The number of benzene rings is 11. The molecule has 0 aliphatic heterocycles. The Morgan fingerprint density at radius 3 is 1.73 bits per heavy atom. The number of hydrogen-bond donors (Lipinski definition) is 0. The fourth-order valence-electron chi connectivity index (χ4n) is 13.3. The second kappa shape index (κ2) is 17.6. The highest BCUT2D eigenvalue weighted by molar-refractivity contribution is 6.13. The number of hydrogen-bond acceptors (Lipinski definition) is 3. The zero-order valence-electron chi connectivity index (χ0n) is 43.8. The molecule has 0 fully saturated rings. The van der Waals surface area contributed by atoms with Crippen LogP contribution in [0, 0.1) is 0 Å². The standard InChI is InChI=1S/C75H52N2O2/c1-75(2)64-24-10-6-21-60(64)73-65(75)25-15-27-69(73)77(66-26-11-7-18-55(66)48-16-4-3-5-17-48)54-37-30-47(31-38-54)50-34-41-67-61(44-50)62-45-51(52-36-43-72-63(46-52)58-20-9-12-28-70(58)78-72)35-42-68(62)76(67)53-39-32-49(33-40-53)56-22-14-23-59-57-19-8-13-29-71(57)79-74(56)59/h3-39,41-46,53H,40H2,1-2H3. The first-order valence-electron chi connectivity index (χ1n) is 27.5. The van der Waals surface area contributed by atoms with Crippen molar-refractivity contribution in [3.8, 4) is 44.5 Å². The first-order valence-corrected chi connectivity index (χ1v) is 27.5. The molecular weight excluding hydrogens is 961 g/mol. The lowest BCUT2D eigenvalue weighted by Gasteiger charge is -2.30. The zero-order chi connectivity index (χ0) is 52.3. The third-order valence-corrected chi connectivity index (χ3v) is 17.2. The summed E-state index contributed by atoms with van der Waals surface area (Å²) in [7, 11) is 0. The summed E-state index contributed by atoms with van der Waals surface area (Å²) in [6.45, 7) is 4.72. The summed E-state index contributed by atoms with van der Waals surface area (Å²) in [6, 6.07) is 88.7. The number of anilines is 3. The average Bonchev–Trinajstić information content (AvgIpc) is 4.45. The average molecular weight is 1010 g/mol. The predicted molar refractivity (Wildman–Crippen MR) is 330 cm³/mol. The topological polar surface area (TPSA) is 34.5 Å². The molecule has 374 valence electrons. The Kier molecular flexibility index (Phi) is 10.1. The van der Waals surface area contributed by atoms with Crippen molar-refractivity contribution >= 4 is 88.3 Å². The molecule has 0 spiro atoms. The molecule has 79 heavy (non-hydrogen) atoms. The summed E-state index contributed by atoms with van der Waals surface area (Å²) >= 11 is 0. The minimum Gasteiger partial charge on any atom is -0.456 e. The van der Waals surface area contributed by atoms with Crippen molar-refractivity contribution in [3.63, 3.8) is 0 Å². The van der Waals surface area contributed by atoms with Gasteiger partial charge in [-0.3, -0.25) is 0 Å². The van der Waals surface area contributed by atoms with Gasteiger partial charge < -0.3 is 18.3 Å². The summed E-state index contributed by atoms with van der Waals surface area (Å²) in [5.41, 5.74) is 23.9. The van der Waals surface area contributed by atoms with Crippen molar-refractivity contribution in [2.75, 3.05) is 4.90 Å². The van der Waals surface area contributed by atoms with Gasteiger partial charge in [-0.15, -0.1) is 0 Å². The van der Waals surface area contributed by atoms with Crippen LogP contribution in [0.3, 0.4) is 0 Å². The molecule has 3 aromatic heterocycles. The van der Waals surface area contributed by atoms with Crippen LogP contribution < -0.4 is 4.90 Å². The third kappa shape index (κ3) is 7.07. The predicted octanol–water partition coefficient (Wildman–Crippen LogP) is 21.0. The van der Waals surface area contributed by atoms with E-state index in [4.69, 9.17) is 8.83 Å². The Labute approximate surface area is 458 Å². The molecule has 0 N–H and O–H groups in total. The molecule has 14 aromatic rings. The van der Waals surface area contributed by atoms with Crippen LogP contribution in [0.1, 0.15) is 43.0 Å². The van der Waals surface area contributed by atoms with Crippen LogP contribution in [0.25, 0.3) is 116 Å². The molecule has 0 radical (unpaired) electrons. The van der Waals surface area contributed by atoms with Crippen LogP contribution in [0.2, 0.25) is 0 Å². The van der Waals surface area contributed by atoms with Crippen molar-refractivity contribution < 1.29 is 8.83 Å².